The predicted octanol–water partition coefficient (Wildman–Crippen LogP) is 0.941. The molecular weight excluding hydrogens is 154 g/mol. The van der Waals surface area contributed by atoms with Crippen LogP contribution in [0.3, 0.4) is 0 Å². The van der Waals surface area contributed by atoms with Gasteiger partial charge in [-0.15, -0.1) is 0 Å². The third-order valence-electron chi connectivity index (χ3n) is 2.22. The Morgan fingerprint density at radius 3 is 2.50 bits per heavy atom. The zero-order valence-corrected chi connectivity index (χ0v) is 7.18. The van der Waals surface area contributed by atoms with Crippen LogP contribution in [-0.4, -0.2) is 16.7 Å². The van der Waals surface area contributed by atoms with Gasteiger partial charge in [-0.3, -0.25) is 4.79 Å². The lowest BCUT2D eigenvalue weighted by Gasteiger charge is -2.32. The van der Waals surface area contributed by atoms with Gasteiger partial charge in [0.05, 0.1) is 0 Å². The first-order chi connectivity index (χ1) is 5.66. The van der Waals surface area contributed by atoms with Gasteiger partial charge in [0, 0.05) is 0 Å². The Labute approximate surface area is 72.5 Å². The van der Waals surface area contributed by atoms with E-state index < -0.39 is 5.72 Å². The van der Waals surface area contributed by atoms with E-state index in [2.05, 4.69) is 11.9 Å². The molecule has 0 spiro atoms. The van der Waals surface area contributed by atoms with Gasteiger partial charge in [-0.1, -0.05) is 13.0 Å². The van der Waals surface area contributed by atoms with Gasteiger partial charge in [-0.05, 0) is 31.8 Å². The van der Waals surface area contributed by atoms with Crippen LogP contribution in [-0.2, 0) is 4.79 Å². The zero-order chi connectivity index (χ0) is 9.03. The van der Waals surface area contributed by atoms with Crippen LogP contribution in [0.25, 0.3) is 0 Å². The lowest BCUT2D eigenvalue weighted by Crippen LogP contribution is -2.49. The van der Waals surface area contributed by atoms with Gasteiger partial charge in [0.15, 0.2) is 0 Å². The monoisotopic (exact) mass is 169 g/mol. The van der Waals surface area contributed by atoms with E-state index in [1.807, 2.05) is 0 Å². The van der Waals surface area contributed by atoms with E-state index in [0.717, 1.165) is 19.3 Å². The first-order valence-electron chi connectivity index (χ1n) is 4.33. The quantitative estimate of drug-likeness (QED) is 0.477. The van der Waals surface area contributed by atoms with Crippen molar-refractivity contribution >= 4 is 5.91 Å². The molecule has 1 aliphatic carbocycles. The fourth-order valence-electron chi connectivity index (χ4n) is 1.54. The molecule has 3 heteroatoms. The average Bonchev–Trinajstić information content (AvgIpc) is 2.05. The number of carbonyl (C=O) groups is 1. The van der Waals surface area contributed by atoms with E-state index in [-0.39, 0.29) is 5.91 Å². The molecular formula is C9H15NO2. The summed E-state index contributed by atoms with van der Waals surface area (Å²) in [6.07, 6.45) is 5.61. The minimum absolute atomic E-state index is 0.292. The third kappa shape index (κ3) is 2.34. The Morgan fingerprint density at radius 2 is 2.00 bits per heavy atom. The van der Waals surface area contributed by atoms with Crippen LogP contribution in [0.4, 0.5) is 0 Å². The van der Waals surface area contributed by atoms with Crippen molar-refractivity contribution in [2.24, 2.45) is 0 Å². The van der Waals surface area contributed by atoms with Crippen LogP contribution in [0.1, 0.15) is 32.1 Å². The van der Waals surface area contributed by atoms with Crippen molar-refractivity contribution in [3.8, 4) is 0 Å². The lowest BCUT2D eigenvalue weighted by atomic mass is 9.92. The highest BCUT2D eigenvalue weighted by Crippen LogP contribution is 2.25. The SMILES string of the molecule is C=CC(=O)NC1(O)CCCCC1. The summed E-state index contributed by atoms with van der Waals surface area (Å²) < 4.78 is 0. The molecule has 0 aromatic heterocycles. The highest BCUT2D eigenvalue weighted by molar-refractivity contribution is 5.87. The Kier molecular flexibility index (Phi) is 2.87. The molecule has 2 N–H and O–H groups in total. The normalized spacial score (nSPS) is 21.4. The largest absolute Gasteiger partial charge is 0.371 e. The van der Waals surface area contributed by atoms with Crippen molar-refractivity contribution in [3.05, 3.63) is 12.7 Å². The van der Waals surface area contributed by atoms with Gasteiger partial charge in [0.2, 0.25) is 5.91 Å². The van der Waals surface area contributed by atoms with Crippen LogP contribution in [0.5, 0.6) is 0 Å². The number of amides is 1. The molecule has 0 aromatic rings. The summed E-state index contributed by atoms with van der Waals surface area (Å²) >= 11 is 0. The van der Waals surface area contributed by atoms with Crippen molar-refractivity contribution in [2.75, 3.05) is 0 Å². The van der Waals surface area contributed by atoms with Crippen molar-refractivity contribution in [1.29, 1.82) is 0 Å². The fourth-order valence-corrected chi connectivity index (χ4v) is 1.54. The number of hydrogen-bond acceptors (Lipinski definition) is 2. The van der Waals surface area contributed by atoms with Crippen LogP contribution in [0.15, 0.2) is 12.7 Å². The molecule has 1 rings (SSSR count). The number of rotatable bonds is 2. The van der Waals surface area contributed by atoms with Crippen LogP contribution in [0.2, 0.25) is 0 Å². The van der Waals surface area contributed by atoms with E-state index >= 15 is 0 Å². The summed E-state index contributed by atoms with van der Waals surface area (Å²) in [5, 5.41) is 12.3. The second-order valence-electron chi connectivity index (χ2n) is 3.29. The summed E-state index contributed by atoms with van der Waals surface area (Å²) in [5.74, 6) is -0.292. The standard InChI is InChI=1S/C9H15NO2/c1-2-8(11)10-9(12)6-4-3-5-7-9/h2,12H,1,3-7H2,(H,10,11). The van der Waals surface area contributed by atoms with Gasteiger partial charge in [-0.25, -0.2) is 0 Å². The van der Waals surface area contributed by atoms with E-state index in [0.29, 0.717) is 12.8 Å². The zero-order valence-electron chi connectivity index (χ0n) is 7.18. The molecule has 3 nitrogen and oxygen atoms in total. The molecule has 0 heterocycles. The average molecular weight is 169 g/mol. The fraction of sp³-hybridized carbons (Fsp3) is 0.667. The summed E-state index contributed by atoms with van der Waals surface area (Å²) in [6.45, 7) is 3.33. The van der Waals surface area contributed by atoms with Crippen molar-refractivity contribution in [3.63, 3.8) is 0 Å². The van der Waals surface area contributed by atoms with E-state index in [1.165, 1.54) is 6.08 Å². The second-order valence-corrected chi connectivity index (χ2v) is 3.29. The van der Waals surface area contributed by atoms with Crippen molar-refractivity contribution in [1.82, 2.24) is 5.32 Å². The summed E-state index contributed by atoms with van der Waals surface area (Å²) in [7, 11) is 0. The third-order valence-corrected chi connectivity index (χ3v) is 2.22. The molecule has 0 unspecified atom stereocenters. The van der Waals surface area contributed by atoms with E-state index in [9.17, 15) is 9.90 Å². The van der Waals surface area contributed by atoms with Gasteiger partial charge in [-0.2, -0.15) is 0 Å². The molecule has 1 saturated carbocycles. The Bertz CT molecular complexity index is 183. The molecule has 12 heavy (non-hydrogen) atoms. The Hall–Kier alpha value is -0.830. The molecule has 0 bridgehead atoms. The summed E-state index contributed by atoms with van der Waals surface area (Å²) in [6, 6.07) is 0. The smallest absolute Gasteiger partial charge is 0.245 e. The molecule has 0 saturated heterocycles. The molecule has 1 aliphatic rings. The number of hydrogen-bond donors (Lipinski definition) is 2. The highest BCUT2D eigenvalue weighted by atomic mass is 16.3. The number of nitrogens with one attached hydrogen (secondary N) is 1. The summed E-state index contributed by atoms with van der Waals surface area (Å²) in [5.41, 5.74) is -0.969. The lowest BCUT2D eigenvalue weighted by molar-refractivity contribution is -0.126. The minimum atomic E-state index is -0.969. The number of aliphatic hydroxyl groups is 1. The molecule has 68 valence electrons. The van der Waals surface area contributed by atoms with Gasteiger partial charge in [0.1, 0.15) is 5.72 Å². The summed E-state index contributed by atoms with van der Waals surface area (Å²) in [4.78, 5) is 10.9. The maximum absolute atomic E-state index is 10.9. The Morgan fingerprint density at radius 1 is 1.42 bits per heavy atom. The molecule has 0 atom stereocenters. The van der Waals surface area contributed by atoms with E-state index in [1.54, 1.807) is 0 Å². The minimum Gasteiger partial charge on any atom is -0.371 e. The number of carbonyl (C=O) groups excluding carboxylic acids is 1. The topological polar surface area (TPSA) is 49.3 Å². The first kappa shape index (κ1) is 9.26. The van der Waals surface area contributed by atoms with E-state index in [4.69, 9.17) is 0 Å². The maximum atomic E-state index is 10.9. The van der Waals surface area contributed by atoms with Crippen LogP contribution < -0.4 is 5.32 Å². The Balaban J connectivity index is 2.46. The van der Waals surface area contributed by atoms with Crippen LogP contribution in [0, 0.1) is 0 Å². The van der Waals surface area contributed by atoms with Gasteiger partial charge < -0.3 is 10.4 Å². The molecule has 0 aliphatic heterocycles. The highest BCUT2D eigenvalue weighted by Gasteiger charge is 2.29. The molecule has 0 aromatic carbocycles. The van der Waals surface area contributed by atoms with Crippen molar-refractivity contribution < 1.29 is 9.90 Å². The predicted molar refractivity (Wildman–Crippen MR) is 46.4 cm³/mol. The maximum Gasteiger partial charge on any atom is 0.245 e. The van der Waals surface area contributed by atoms with Crippen LogP contribution >= 0.6 is 0 Å². The van der Waals surface area contributed by atoms with Gasteiger partial charge >= 0.3 is 0 Å². The molecule has 1 amide bonds. The molecule has 0 radical (unpaired) electrons. The first-order valence-corrected chi connectivity index (χ1v) is 4.33. The van der Waals surface area contributed by atoms with Gasteiger partial charge in [0.25, 0.3) is 0 Å². The second kappa shape index (κ2) is 3.72. The molecule has 1 fully saturated rings. The van der Waals surface area contributed by atoms with Crippen molar-refractivity contribution in [2.45, 2.75) is 37.8 Å².